The van der Waals surface area contributed by atoms with E-state index < -0.39 is 8.32 Å². The van der Waals surface area contributed by atoms with E-state index in [0.29, 0.717) is 23.2 Å². The first kappa shape index (κ1) is 29.2. The van der Waals surface area contributed by atoms with Crippen LogP contribution < -0.4 is 4.74 Å². The zero-order valence-electron chi connectivity index (χ0n) is 24.9. The first-order valence-corrected chi connectivity index (χ1v) is 16.8. The molecule has 0 saturated heterocycles. The number of benzene rings is 3. The second kappa shape index (κ2) is 13.0. The van der Waals surface area contributed by atoms with Crippen molar-refractivity contribution in [3.63, 3.8) is 0 Å². The van der Waals surface area contributed by atoms with Crippen molar-refractivity contribution in [2.24, 2.45) is 0 Å². The molecule has 39 heavy (non-hydrogen) atoms. The molecule has 3 atom stereocenters. The van der Waals surface area contributed by atoms with Gasteiger partial charge in [-0.25, -0.2) is 0 Å². The van der Waals surface area contributed by atoms with Crippen molar-refractivity contribution in [1.82, 2.24) is 4.90 Å². The molecule has 0 aliphatic carbocycles. The zero-order chi connectivity index (χ0) is 28.0. The van der Waals surface area contributed by atoms with E-state index in [1.54, 1.807) is 0 Å². The molecule has 4 heteroatoms. The van der Waals surface area contributed by atoms with Crippen molar-refractivity contribution in [3.05, 3.63) is 114 Å². The Hall–Kier alpha value is -2.82. The van der Waals surface area contributed by atoms with E-state index in [2.05, 4.69) is 132 Å². The van der Waals surface area contributed by atoms with E-state index in [9.17, 15) is 0 Å². The second-order valence-corrected chi connectivity index (χ2v) is 17.4. The fourth-order valence-corrected chi connectivity index (χ4v) is 12.1. The predicted molar refractivity (Wildman–Crippen MR) is 167 cm³/mol. The normalized spacial score (nSPS) is 18.7. The summed E-state index contributed by atoms with van der Waals surface area (Å²) in [7, 11) is -2.08. The SMILES string of the molecule is CC(C)[Si](OC1CN([C@H](C)c2ccccc2)C=CC1c1ccc(OCc2ccccc2)cc1)(C(C)C)C(C)C. The average Bonchev–Trinajstić information content (AvgIpc) is 2.95. The highest BCUT2D eigenvalue weighted by atomic mass is 28.4. The molecular formula is C35H47NO2Si. The lowest BCUT2D eigenvalue weighted by molar-refractivity contribution is 0.0987. The summed E-state index contributed by atoms with van der Waals surface area (Å²) in [4.78, 5) is 2.47. The number of ether oxygens (including phenoxy) is 1. The van der Waals surface area contributed by atoms with Gasteiger partial charge in [0.1, 0.15) is 12.4 Å². The summed E-state index contributed by atoms with van der Waals surface area (Å²) < 4.78 is 13.6. The van der Waals surface area contributed by atoms with Gasteiger partial charge in [0.05, 0.1) is 12.1 Å². The largest absolute Gasteiger partial charge is 0.489 e. The minimum absolute atomic E-state index is 0.0936. The monoisotopic (exact) mass is 541 g/mol. The minimum atomic E-state index is -2.08. The fourth-order valence-electron chi connectivity index (χ4n) is 6.55. The van der Waals surface area contributed by atoms with Gasteiger partial charge in [-0.3, -0.25) is 0 Å². The van der Waals surface area contributed by atoms with Gasteiger partial charge in [-0.2, -0.15) is 0 Å². The maximum Gasteiger partial charge on any atom is 0.200 e. The van der Waals surface area contributed by atoms with Gasteiger partial charge in [-0.05, 0) is 58.6 Å². The van der Waals surface area contributed by atoms with E-state index in [-0.39, 0.29) is 18.1 Å². The molecular weight excluding hydrogens is 494 g/mol. The molecule has 4 rings (SSSR count). The first-order valence-electron chi connectivity index (χ1n) is 14.7. The van der Waals surface area contributed by atoms with Gasteiger partial charge in [0, 0.05) is 12.5 Å². The summed E-state index contributed by atoms with van der Waals surface area (Å²) >= 11 is 0. The lowest BCUT2D eigenvalue weighted by Crippen LogP contribution is -2.53. The summed E-state index contributed by atoms with van der Waals surface area (Å²) in [5.41, 5.74) is 5.41. The summed E-state index contributed by atoms with van der Waals surface area (Å²) in [6, 6.07) is 30.1. The Morgan fingerprint density at radius 1 is 0.744 bits per heavy atom. The molecule has 3 nitrogen and oxygen atoms in total. The van der Waals surface area contributed by atoms with Gasteiger partial charge in [0.2, 0.25) is 8.32 Å². The molecule has 0 saturated carbocycles. The van der Waals surface area contributed by atoms with Crippen LogP contribution in [0, 0.1) is 0 Å². The third-order valence-electron chi connectivity index (χ3n) is 8.63. The van der Waals surface area contributed by atoms with Gasteiger partial charge in [-0.1, -0.05) is 120 Å². The van der Waals surface area contributed by atoms with Crippen LogP contribution in [0.4, 0.5) is 0 Å². The van der Waals surface area contributed by atoms with Crippen LogP contribution in [0.15, 0.2) is 97.2 Å². The minimum Gasteiger partial charge on any atom is -0.489 e. The smallest absolute Gasteiger partial charge is 0.200 e. The summed E-state index contributed by atoms with van der Waals surface area (Å²) in [5, 5.41) is 0. The maximum atomic E-state index is 7.50. The maximum absolute atomic E-state index is 7.50. The topological polar surface area (TPSA) is 21.7 Å². The molecule has 0 bridgehead atoms. The third-order valence-corrected chi connectivity index (χ3v) is 14.8. The van der Waals surface area contributed by atoms with Gasteiger partial charge >= 0.3 is 0 Å². The molecule has 0 amide bonds. The molecule has 0 spiro atoms. The van der Waals surface area contributed by atoms with Crippen molar-refractivity contribution >= 4 is 8.32 Å². The van der Waals surface area contributed by atoms with Gasteiger partial charge in [-0.15, -0.1) is 0 Å². The predicted octanol–water partition coefficient (Wildman–Crippen LogP) is 9.50. The molecule has 1 aliphatic heterocycles. The highest BCUT2D eigenvalue weighted by Gasteiger charge is 2.48. The van der Waals surface area contributed by atoms with E-state index >= 15 is 0 Å². The quantitative estimate of drug-likeness (QED) is 0.226. The van der Waals surface area contributed by atoms with Gasteiger partial charge < -0.3 is 14.1 Å². The summed E-state index contributed by atoms with van der Waals surface area (Å²) in [6.45, 7) is 18.0. The van der Waals surface area contributed by atoms with Crippen molar-refractivity contribution in [2.75, 3.05) is 6.54 Å². The summed E-state index contributed by atoms with van der Waals surface area (Å²) in [6.07, 6.45) is 4.76. The Balaban J connectivity index is 1.61. The summed E-state index contributed by atoms with van der Waals surface area (Å²) in [5.74, 6) is 1.10. The Morgan fingerprint density at radius 2 is 1.31 bits per heavy atom. The van der Waals surface area contributed by atoms with E-state index in [1.807, 2.05) is 18.2 Å². The molecule has 208 valence electrons. The second-order valence-electron chi connectivity index (χ2n) is 12.0. The number of hydrogen-bond donors (Lipinski definition) is 0. The van der Waals surface area contributed by atoms with Crippen LogP contribution in [0.25, 0.3) is 0 Å². The molecule has 3 aromatic carbocycles. The van der Waals surface area contributed by atoms with Crippen LogP contribution in [0.1, 0.15) is 77.1 Å². The molecule has 0 N–H and O–H groups in total. The standard InChI is InChI=1S/C35H47NO2Si/c1-26(2)39(27(3)4,28(5)6)38-35-24-36(29(7)31-16-12-9-13-17-31)23-22-34(35)32-18-20-33(21-19-32)37-25-30-14-10-8-11-15-30/h8-23,26-29,34-35H,24-25H2,1-7H3/t29-,34?,35?/m1/s1. The van der Waals surface area contributed by atoms with Crippen LogP contribution in [-0.2, 0) is 11.0 Å². The number of rotatable bonds is 11. The van der Waals surface area contributed by atoms with Crippen LogP contribution in [0.2, 0.25) is 16.6 Å². The lowest BCUT2D eigenvalue weighted by atomic mass is 9.90. The molecule has 1 heterocycles. The van der Waals surface area contributed by atoms with Crippen LogP contribution >= 0.6 is 0 Å². The zero-order valence-corrected chi connectivity index (χ0v) is 25.9. The Labute approximate surface area is 238 Å². The van der Waals surface area contributed by atoms with Gasteiger partial charge in [0.15, 0.2) is 0 Å². The first-order chi connectivity index (χ1) is 18.7. The van der Waals surface area contributed by atoms with Crippen LogP contribution in [-0.4, -0.2) is 25.9 Å². The van der Waals surface area contributed by atoms with Crippen LogP contribution in [0.5, 0.6) is 5.75 Å². The third kappa shape index (κ3) is 6.67. The highest BCUT2D eigenvalue weighted by molar-refractivity contribution is 6.77. The van der Waals surface area contributed by atoms with E-state index in [4.69, 9.17) is 9.16 Å². The lowest BCUT2D eigenvalue weighted by Gasteiger charge is -2.48. The van der Waals surface area contributed by atoms with Crippen molar-refractivity contribution in [2.45, 2.75) is 89.8 Å². The Bertz CT molecular complexity index is 1150. The molecule has 0 radical (unpaired) electrons. The number of hydrogen-bond acceptors (Lipinski definition) is 3. The Kier molecular flexibility index (Phi) is 9.74. The van der Waals surface area contributed by atoms with Crippen molar-refractivity contribution < 1.29 is 9.16 Å². The van der Waals surface area contributed by atoms with Crippen LogP contribution in [0.3, 0.4) is 0 Å². The van der Waals surface area contributed by atoms with E-state index in [0.717, 1.165) is 12.3 Å². The molecule has 0 fully saturated rings. The highest BCUT2D eigenvalue weighted by Crippen LogP contribution is 2.45. The van der Waals surface area contributed by atoms with E-state index in [1.165, 1.54) is 16.7 Å². The average molecular weight is 542 g/mol. The molecule has 0 aromatic heterocycles. The molecule has 3 aromatic rings. The molecule has 2 unspecified atom stereocenters. The number of nitrogens with zero attached hydrogens (tertiary/aromatic N) is 1. The molecule has 1 aliphatic rings. The Morgan fingerprint density at radius 3 is 1.87 bits per heavy atom. The fraction of sp³-hybridized carbons (Fsp3) is 0.429. The van der Waals surface area contributed by atoms with Gasteiger partial charge in [0.25, 0.3) is 0 Å². The van der Waals surface area contributed by atoms with Crippen molar-refractivity contribution in [3.8, 4) is 5.75 Å². The van der Waals surface area contributed by atoms with Crippen molar-refractivity contribution in [1.29, 1.82) is 0 Å².